The number of hydrogen-bond acceptors (Lipinski definition) is 0. The fourth-order valence-corrected chi connectivity index (χ4v) is 3.64. The van der Waals surface area contributed by atoms with Gasteiger partial charge in [0.15, 0.2) is 0 Å². The fraction of sp³-hybridized carbons (Fsp3) is 1.00. The number of unbranched alkanes of at least 4 members (excludes halogenated alkanes) is 7. The van der Waals surface area contributed by atoms with Crippen LogP contribution in [0.1, 0.15) is 124 Å². The molecule has 0 saturated heterocycles. The third-order valence-electron chi connectivity index (χ3n) is 5.12. The molecule has 0 aromatic heterocycles. The Balaban J connectivity index is 3.83. The lowest BCUT2D eigenvalue weighted by molar-refractivity contribution is 0.299. The molecule has 0 saturated carbocycles. The summed E-state index contributed by atoms with van der Waals surface area (Å²) in [6.45, 7) is 9.40. The molecular formula is C21H44. The topological polar surface area (TPSA) is 0 Å². The van der Waals surface area contributed by atoms with Gasteiger partial charge in [0.25, 0.3) is 0 Å². The van der Waals surface area contributed by atoms with Gasteiger partial charge in [-0.15, -0.1) is 0 Å². The van der Waals surface area contributed by atoms with Gasteiger partial charge in [0.05, 0.1) is 0 Å². The minimum atomic E-state index is 1.01. The van der Waals surface area contributed by atoms with E-state index in [-0.39, 0.29) is 0 Å². The molecule has 0 aliphatic carbocycles. The van der Waals surface area contributed by atoms with Gasteiger partial charge in [-0.2, -0.15) is 0 Å². The van der Waals surface area contributed by atoms with Crippen LogP contribution in [0.4, 0.5) is 0 Å². The van der Waals surface area contributed by atoms with Crippen LogP contribution in [-0.2, 0) is 0 Å². The normalized spacial score (nSPS) is 14.3. The van der Waals surface area contributed by atoms with Gasteiger partial charge in [-0.1, -0.05) is 118 Å². The van der Waals surface area contributed by atoms with Gasteiger partial charge in [-0.05, 0) is 18.3 Å². The number of hydrogen-bond donors (Lipinski definition) is 0. The third kappa shape index (κ3) is 13.4. The van der Waals surface area contributed by atoms with Crippen molar-refractivity contribution in [1.29, 1.82) is 0 Å². The molecule has 21 heavy (non-hydrogen) atoms. The summed E-state index contributed by atoms with van der Waals surface area (Å²) >= 11 is 0. The van der Waals surface area contributed by atoms with E-state index in [2.05, 4.69) is 27.7 Å². The first-order valence-corrected chi connectivity index (χ1v) is 10.3. The van der Waals surface area contributed by atoms with Crippen LogP contribution in [-0.4, -0.2) is 0 Å². The summed E-state index contributed by atoms with van der Waals surface area (Å²) in [6.07, 6.45) is 21.7. The van der Waals surface area contributed by atoms with Crippen molar-refractivity contribution in [3.63, 3.8) is 0 Å². The van der Waals surface area contributed by atoms with E-state index in [1.165, 1.54) is 96.3 Å². The Kier molecular flexibility index (Phi) is 16.4. The van der Waals surface area contributed by atoms with Crippen LogP contribution in [0.15, 0.2) is 0 Å². The van der Waals surface area contributed by atoms with E-state index in [1.54, 1.807) is 0 Å². The zero-order chi connectivity index (χ0) is 15.8. The highest BCUT2D eigenvalue weighted by Crippen LogP contribution is 2.28. The van der Waals surface area contributed by atoms with Crippen molar-refractivity contribution in [3.8, 4) is 0 Å². The Hall–Kier alpha value is 0. The highest BCUT2D eigenvalue weighted by molar-refractivity contribution is 4.67. The van der Waals surface area contributed by atoms with Crippen LogP contribution < -0.4 is 0 Å². The summed E-state index contributed by atoms with van der Waals surface area (Å²) in [5.41, 5.74) is 0. The minimum absolute atomic E-state index is 1.01. The fourth-order valence-electron chi connectivity index (χ4n) is 3.64. The molecule has 0 aromatic carbocycles. The van der Waals surface area contributed by atoms with E-state index >= 15 is 0 Å². The Morgan fingerprint density at radius 3 is 1.62 bits per heavy atom. The van der Waals surface area contributed by atoms with Gasteiger partial charge < -0.3 is 0 Å². The first-order valence-electron chi connectivity index (χ1n) is 10.3. The van der Waals surface area contributed by atoms with Crippen LogP contribution in [0.25, 0.3) is 0 Å². The quantitative estimate of drug-likeness (QED) is 0.252. The van der Waals surface area contributed by atoms with Crippen LogP contribution in [0, 0.1) is 11.8 Å². The molecule has 0 aliphatic heterocycles. The zero-order valence-corrected chi connectivity index (χ0v) is 15.8. The Labute approximate surface area is 136 Å². The third-order valence-corrected chi connectivity index (χ3v) is 5.12. The molecule has 0 N–H and O–H groups in total. The summed E-state index contributed by atoms with van der Waals surface area (Å²) in [7, 11) is 0. The molecule has 0 rings (SSSR count). The molecule has 0 spiro atoms. The maximum Gasteiger partial charge on any atom is -0.0412 e. The van der Waals surface area contributed by atoms with Crippen molar-refractivity contribution in [2.75, 3.05) is 0 Å². The van der Waals surface area contributed by atoms with Crippen molar-refractivity contribution in [2.45, 2.75) is 124 Å². The highest BCUT2D eigenvalue weighted by Gasteiger charge is 2.14. The number of rotatable bonds is 16. The van der Waals surface area contributed by atoms with Gasteiger partial charge in [0.1, 0.15) is 0 Å². The maximum atomic E-state index is 2.41. The lowest BCUT2D eigenvalue weighted by atomic mass is 9.83. The lowest BCUT2D eigenvalue weighted by Crippen LogP contribution is -2.09. The molecule has 0 bridgehead atoms. The molecule has 0 aromatic rings. The maximum absolute atomic E-state index is 2.41. The first kappa shape index (κ1) is 21.0. The predicted molar refractivity (Wildman–Crippen MR) is 98.9 cm³/mol. The van der Waals surface area contributed by atoms with Crippen molar-refractivity contribution < 1.29 is 0 Å². The van der Waals surface area contributed by atoms with Crippen LogP contribution >= 0.6 is 0 Å². The average molecular weight is 297 g/mol. The molecule has 0 radical (unpaired) electrons. The summed E-state index contributed by atoms with van der Waals surface area (Å²) in [6, 6.07) is 0. The van der Waals surface area contributed by atoms with Gasteiger partial charge in [-0.25, -0.2) is 0 Å². The molecule has 2 unspecified atom stereocenters. The van der Waals surface area contributed by atoms with Crippen LogP contribution in [0.2, 0.25) is 0 Å². The second-order valence-corrected chi connectivity index (χ2v) is 7.22. The molecule has 0 nitrogen and oxygen atoms in total. The second-order valence-electron chi connectivity index (χ2n) is 7.22. The molecule has 0 fully saturated rings. The summed E-state index contributed by atoms with van der Waals surface area (Å²) in [5, 5.41) is 0. The molecule has 2 atom stereocenters. The summed E-state index contributed by atoms with van der Waals surface area (Å²) in [5.74, 6) is 2.03. The van der Waals surface area contributed by atoms with Gasteiger partial charge in [0, 0.05) is 0 Å². The molecular weight excluding hydrogens is 252 g/mol. The van der Waals surface area contributed by atoms with Crippen LogP contribution in [0.3, 0.4) is 0 Å². The minimum Gasteiger partial charge on any atom is -0.0654 e. The zero-order valence-electron chi connectivity index (χ0n) is 15.8. The molecule has 0 aliphatic rings. The lowest BCUT2D eigenvalue weighted by Gasteiger charge is -2.22. The van der Waals surface area contributed by atoms with E-state index in [1.807, 2.05) is 0 Å². The Bertz CT molecular complexity index is 184. The van der Waals surface area contributed by atoms with Crippen molar-refractivity contribution in [3.05, 3.63) is 0 Å². The second kappa shape index (κ2) is 16.4. The van der Waals surface area contributed by atoms with E-state index in [9.17, 15) is 0 Å². The van der Waals surface area contributed by atoms with Crippen LogP contribution in [0.5, 0.6) is 0 Å². The van der Waals surface area contributed by atoms with E-state index in [0.29, 0.717) is 0 Å². The Morgan fingerprint density at radius 1 is 0.476 bits per heavy atom. The SMILES string of the molecule is CCCCCCCCC(CC)CC(CCC)CCCCC. The summed E-state index contributed by atoms with van der Waals surface area (Å²) in [4.78, 5) is 0. The van der Waals surface area contributed by atoms with Crippen molar-refractivity contribution in [1.82, 2.24) is 0 Å². The first-order chi connectivity index (χ1) is 10.3. The largest absolute Gasteiger partial charge is 0.0654 e. The smallest absolute Gasteiger partial charge is 0.0412 e. The van der Waals surface area contributed by atoms with E-state index in [4.69, 9.17) is 0 Å². The van der Waals surface area contributed by atoms with E-state index in [0.717, 1.165) is 11.8 Å². The molecule has 128 valence electrons. The monoisotopic (exact) mass is 296 g/mol. The average Bonchev–Trinajstić information content (AvgIpc) is 2.49. The molecule has 0 heterocycles. The van der Waals surface area contributed by atoms with Crippen molar-refractivity contribution in [2.24, 2.45) is 11.8 Å². The van der Waals surface area contributed by atoms with Gasteiger partial charge in [-0.3, -0.25) is 0 Å². The van der Waals surface area contributed by atoms with Crippen molar-refractivity contribution >= 4 is 0 Å². The predicted octanol–water partition coefficient (Wildman–Crippen LogP) is 8.15. The molecule has 0 amide bonds. The van der Waals surface area contributed by atoms with Gasteiger partial charge in [0.2, 0.25) is 0 Å². The standard InChI is InChI=1S/C21H44/c1-5-9-11-12-13-15-17-20(8-4)19-21(16-7-3)18-14-10-6-2/h20-21H,5-19H2,1-4H3. The highest BCUT2D eigenvalue weighted by atomic mass is 14.2. The molecule has 0 heteroatoms. The van der Waals surface area contributed by atoms with E-state index < -0.39 is 0 Å². The Morgan fingerprint density at radius 2 is 1.00 bits per heavy atom. The van der Waals surface area contributed by atoms with Gasteiger partial charge >= 0.3 is 0 Å². The summed E-state index contributed by atoms with van der Waals surface area (Å²) < 4.78 is 0.